The van der Waals surface area contributed by atoms with Gasteiger partial charge in [-0.1, -0.05) is 273 Å². The standard InChI is InChI=1S/C88H56O2/c1-3-18-56(19-4-1)63-44-39-61(51-74(63)57-20-5-2-6-21-57)73(62-40-45-70-69-25-10-15-31-82(69)90-85(70)53-62)48-54-34-43-65-75-52-60(64-27-17-33-84-87(64)72-26-11-16-32-83(72)89-84)41-46-71(75)86(77(65)49-54)58-37-35-55(36-38-58)59-42-47-81-76(50-59)68-24-9-14-30-80(68)88(81)78-28-12-7-22-66(78)67-23-8-13-29-79(67)88/h1-47,49-53,73,86H,48H2. The fourth-order valence-corrected chi connectivity index (χ4v) is 16.2. The molecule has 0 aliphatic heterocycles. The van der Waals surface area contributed by atoms with Gasteiger partial charge < -0.3 is 8.83 Å². The topological polar surface area (TPSA) is 26.3 Å². The van der Waals surface area contributed by atoms with Gasteiger partial charge in [-0.25, -0.2) is 0 Å². The molecular weight excluding hydrogens is 1090 g/mol. The van der Waals surface area contributed by atoms with Crippen LogP contribution in [-0.2, 0) is 11.8 Å². The number of fused-ring (bicyclic) bond motifs is 19. The van der Waals surface area contributed by atoms with E-state index in [9.17, 15) is 0 Å². The second-order valence-electron chi connectivity index (χ2n) is 24.9. The summed E-state index contributed by atoms with van der Waals surface area (Å²) in [6.07, 6.45) is 0.778. The van der Waals surface area contributed by atoms with Crippen molar-refractivity contribution in [3.63, 3.8) is 0 Å². The van der Waals surface area contributed by atoms with E-state index in [0.29, 0.717) is 0 Å². The number of benzene rings is 14. The van der Waals surface area contributed by atoms with Crippen LogP contribution >= 0.6 is 0 Å². The van der Waals surface area contributed by atoms with Crippen LogP contribution in [0.5, 0.6) is 0 Å². The first-order valence-corrected chi connectivity index (χ1v) is 31.5. The molecule has 19 rings (SSSR count). The van der Waals surface area contributed by atoms with Crippen molar-refractivity contribution in [1.82, 2.24) is 0 Å². The van der Waals surface area contributed by atoms with Gasteiger partial charge in [0.25, 0.3) is 0 Å². The lowest BCUT2D eigenvalue weighted by atomic mass is 9.70. The summed E-state index contributed by atoms with van der Waals surface area (Å²) < 4.78 is 13.1. The molecule has 3 aliphatic carbocycles. The zero-order chi connectivity index (χ0) is 59.0. The smallest absolute Gasteiger partial charge is 0.136 e. The van der Waals surface area contributed by atoms with Crippen LogP contribution in [0.4, 0.5) is 0 Å². The molecule has 0 fully saturated rings. The van der Waals surface area contributed by atoms with Crippen LogP contribution in [0.25, 0.3) is 122 Å². The fraction of sp³-hybridized carbons (Fsp3) is 0.0455. The molecular formula is C88H56O2. The minimum Gasteiger partial charge on any atom is -0.456 e. The molecule has 2 nitrogen and oxygen atoms in total. The van der Waals surface area contributed by atoms with Crippen molar-refractivity contribution in [2.45, 2.75) is 23.7 Å². The third kappa shape index (κ3) is 7.58. The van der Waals surface area contributed by atoms with Crippen molar-refractivity contribution in [2.24, 2.45) is 0 Å². The van der Waals surface area contributed by atoms with Crippen molar-refractivity contribution >= 4 is 43.9 Å². The highest BCUT2D eigenvalue weighted by Crippen LogP contribution is 2.63. The Morgan fingerprint density at radius 3 is 1.56 bits per heavy atom. The Balaban J connectivity index is 0.751. The predicted octanol–water partition coefficient (Wildman–Crippen LogP) is 23.0. The van der Waals surface area contributed by atoms with E-state index in [1.165, 1.54) is 134 Å². The Morgan fingerprint density at radius 1 is 0.278 bits per heavy atom. The minimum absolute atomic E-state index is 0.00124. The van der Waals surface area contributed by atoms with Crippen molar-refractivity contribution in [1.29, 1.82) is 0 Å². The molecule has 0 N–H and O–H groups in total. The van der Waals surface area contributed by atoms with E-state index in [1.807, 2.05) is 0 Å². The van der Waals surface area contributed by atoms with E-state index < -0.39 is 0 Å². The average Bonchev–Trinajstić information content (AvgIpc) is 1.52. The Morgan fingerprint density at radius 2 is 0.811 bits per heavy atom. The number of rotatable bonds is 9. The molecule has 3 aliphatic rings. The van der Waals surface area contributed by atoms with Gasteiger partial charge in [-0.15, -0.1) is 0 Å². The van der Waals surface area contributed by atoms with Crippen LogP contribution in [-0.4, -0.2) is 0 Å². The maximum Gasteiger partial charge on any atom is 0.136 e. The van der Waals surface area contributed by atoms with Crippen LogP contribution in [0.2, 0.25) is 0 Å². The van der Waals surface area contributed by atoms with Gasteiger partial charge in [0, 0.05) is 33.4 Å². The summed E-state index contributed by atoms with van der Waals surface area (Å²) >= 11 is 0. The average molecular weight is 1150 g/mol. The summed E-state index contributed by atoms with van der Waals surface area (Å²) in [6.45, 7) is 0. The first kappa shape index (κ1) is 50.8. The lowest BCUT2D eigenvalue weighted by molar-refractivity contribution is 0.667. The molecule has 0 saturated heterocycles. The van der Waals surface area contributed by atoms with Gasteiger partial charge in [-0.3, -0.25) is 0 Å². The third-order valence-electron chi connectivity index (χ3n) is 20.2. The van der Waals surface area contributed by atoms with Crippen LogP contribution in [0, 0.1) is 0 Å². The quantitative estimate of drug-likeness (QED) is 0.144. The van der Waals surface area contributed by atoms with Crippen LogP contribution in [0.1, 0.15) is 67.5 Å². The molecule has 90 heavy (non-hydrogen) atoms. The molecule has 14 aromatic carbocycles. The van der Waals surface area contributed by atoms with Gasteiger partial charge in [0.15, 0.2) is 0 Å². The van der Waals surface area contributed by atoms with Crippen molar-refractivity contribution in [2.75, 3.05) is 0 Å². The van der Waals surface area contributed by atoms with Crippen LogP contribution in [0.15, 0.2) is 324 Å². The van der Waals surface area contributed by atoms with Gasteiger partial charge >= 0.3 is 0 Å². The number of furan rings is 2. The van der Waals surface area contributed by atoms with E-state index in [0.717, 1.165) is 50.3 Å². The van der Waals surface area contributed by atoms with Crippen molar-refractivity contribution in [3.8, 4) is 77.9 Å². The Bertz CT molecular complexity index is 5540. The van der Waals surface area contributed by atoms with E-state index in [4.69, 9.17) is 8.83 Å². The van der Waals surface area contributed by atoms with Crippen LogP contribution < -0.4 is 0 Å². The molecule has 2 heterocycles. The van der Waals surface area contributed by atoms with Gasteiger partial charge in [0.05, 0.1) is 5.41 Å². The zero-order valence-electron chi connectivity index (χ0n) is 49.2. The highest BCUT2D eigenvalue weighted by molar-refractivity contribution is 6.13. The molecule has 1 spiro atoms. The van der Waals surface area contributed by atoms with Crippen molar-refractivity contribution < 1.29 is 8.83 Å². The highest BCUT2D eigenvalue weighted by Gasteiger charge is 2.51. The molecule has 0 amide bonds. The van der Waals surface area contributed by atoms with E-state index in [2.05, 4.69) is 315 Å². The van der Waals surface area contributed by atoms with E-state index in [-0.39, 0.29) is 17.3 Å². The highest BCUT2D eigenvalue weighted by atomic mass is 16.3. The van der Waals surface area contributed by atoms with Gasteiger partial charge in [-0.2, -0.15) is 0 Å². The first-order chi connectivity index (χ1) is 44.6. The largest absolute Gasteiger partial charge is 0.456 e. The fourth-order valence-electron chi connectivity index (χ4n) is 16.2. The summed E-state index contributed by atoms with van der Waals surface area (Å²) in [5.74, 6) is -0.00306. The second kappa shape index (κ2) is 19.9. The lowest BCUT2D eigenvalue weighted by Crippen LogP contribution is -2.25. The lowest BCUT2D eigenvalue weighted by Gasteiger charge is -2.30. The van der Waals surface area contributed by atoms with Gasteiger partial charge in [-0.05, 0) is 182 Å². The Hall–Kier alpha value is -11.3. The summed E-state index contributed by atoms with van der Waals surface area (Å²) in [5.41, 5.74) is 33.8. The summed E-state index contributed by atoms with van der Waals surface area (Å²) in [7, 11) is 0. The summed E-state index contributed by atoms with van der Waals surface area (Å²) in [6, 6.07) is 118. The SMILES string of the molecule is c1ccc(-c2ccc(C(Cc3ccc4c(c3)C(c3ccc(-c5ccc6c(c5)-c5ccccc5C65c6ccccc6-c6ccccc65)cc3)c3ccc(-c5cccc6oc7ccccc7c56)cc3-4)c3ccc4c(c3)oc3ccccc34)cc2-c2ccccc2)cc1. The van der Waals surface area contributed by atoms with Crippen molar-refractivity contribution in [3.05, 3.63) is 371 Å². The normalized spacial score (nSPS) is 14.2. The second-order valence-corrected chi connectivity index (χ2v) is 24.9. The number of hydrogen-bond donors (Lipinski definition) is 0. The van der Waals surface area contributed by atoms with Gasteiger partial charge in [0.1, 0.15) is 22.3 Å². The maximum atomic E-state index is 6.65. The maximum absolute atomic E-state index is 6.65. The Labute approximate surface area is 522 Å². The molecule has 0 bridgehead atoms. The third-order valence-corrected chi connectivity index (χ3v) is 20.2. The molecule has 2 aromatic heterocycles. The van der Waals surface area contributed by atoms with E-state index in [1.54, 1.807) is 0 Å². The molecule has 2 atom stereocenters. The first-order valence-electron chi connectivity index (χ1n) is 31.5. The van der Waals surface area contributed by atoms with E-state index >= 15 is 0 Å². The predicted molar refractivity (Wildman–Crippen MR) is 370 cm³/mol. The summed E-state index contributed by atoms with van der Waals surface area (Å²) in [4.78, 5) is 0. The Kier molecular flexibility index (Phi) is 11.2. The summed E-state index contributed by atoms with van der Waals surface area (Å²) in [5, 5.41) is 4.55. The monoisotopic (exact) mass is 1140 g/mol. The van der Waals surface area contributed by atoms with Crippen LogP contribution in [0.3, 0.4) is 0 Å². The van der Waals surface area contributed by atoms with Gasteiger partial charge in [0.2, 0.25) is 0 Å². The molecule has 2 heteroatoms. The molecule has 0 saturated carbocycles. The number of hydrogen-bond acceptors (Lipinski definition) is 2. The zero-order valence-corrected chi connectivity index (χ0v) is 49.2. The number of para-hydroxylation sites is 2. The molecule has 0 radical (unpaired) electrons. The minimum atomic E-state index is -0.372. The molecule has 16 aromatic rings. The molecule has 2 unspecified atom stereocenters. The molecule has 420 valence electrons.